The lowest BCUT2D eigenvalue weighted by atomic mass is 9.94. The van der Waals surface area contributed by atoms with E-state index in [1.807, 2.05) is 17.0 Å². The quantitative estimate of drug-likeness (QED) is 0.487. The number of benzene rings is 1. The normalized spacial score (nSPS) is 21.7. The van der Waals surface area contributed by atoms with Gasteiger partial charge in [0.2, 0.25) is 5.91 Å². The summed E-state index contributed by atoms with van der Waals surface area (Å²) in [5.41, 5.74) is 8.54. The number of thioether (sulfide) groups is 1. The summed E-state index contributed by atoms with van der Waals surface area (Å²) in [4.78, 5) is 34.8. The molecule has 0 atom stereocenters. The maximum atomic E-state index is 13.4. The second kappa shape index (κ2) is 9.66. The van der Waals surface area contributed by atoms with Crippen LogP contribution in [-0.2, 0) is 9.59 Å². The van der Waals surface area contributed by atoms with Crippen LogP contribution in [0.2, 0.25) is 0 Å². The van der Waals surface area contributed by atoms with Gasteiger partial charge >= 0.3 is 0 Å². The van der Waals surface area contributed by atoms with Crippen molar-refractivity contribution in [1.29, 1.82) is 0 Å². The first-order valence-corrected chi connectivity index (χ1v) is 13.4. The molecule has 2 saturated heterocycles. The second-order valence-electron chi connectivity index (χ2n) is 9.60. The van der Waals surface area contributed by atoms with Crippen LogP contribution in [0.5, 0.6) is 0 Å². The fourth-order valence-electron chi connectivity index (χ4n) is 5.31. The van der Waals surface area contributed by atoms with Crippen LogP contribution < -0.4 is 10.6 Å². The molecule has 0 radical (unpaired) electrons. The molecule has 34 heavy (non-hydrogen) atoms. The molecule has 1 aliphatic carbocycles. The number of nitrogens with zero attached hydrogens (tertiary/aromatic N) is 3. The highest BCUT2D eigenvalue weighted by atomic mass is 32.2. The Balaban J connectivity index is 1.51. The summed E-state index contributed by atoms with van der Waals surface area (Å²) in [6.07, 6.45) is 8.98. The van der Waals surface area contributed by atoms with E-state index in [1.165, 1.54) is 23.7 Å². The van der Waals surface area contributed by atoms with Gasteiger partial charge in [0, 0.05) is 36.0 Å². The van der Waals surface area contributed by atoms with E-state index in [1.54, 1.807) is 0 Å². The first-order valence-electron chi connectivity index (χ1n) is 12.1. The standard InChI is InChI=1S/C26H30N4O2S2/c1-16-7-8-21-18(13-16)14-19(24(28-21)29-11-9-17(10-12-29)23(27)31)15-22-25(32)30(26(33)34-22)20-5-3-2-4-6-20/h7-8,13-15,17,20H,2-6,9-12H2,1H3,(H2,27,31)/b22-15-. The van der Waals surface area contributed by atoms with E-state index in [0.29, 0.717) is 35.2 Å². The number of hydrogen-bond donors (Lipinski definition) is 1. The molecule has 1 aromatic carbocycles. The maximum absolute atomic E-state index is 13.4. The molecule has 3 heterocycles. The molecule has 178 valence electrons. The highest BCUT2D eigenvalue weighted by Crippen LogP contribution is 2.39. The maximum Gasteiger partial charge on any atom is 0.266 e. The SMILES string of the molecule is Cc1ccc2nc(N3CCC(C(N)=O)CC3)c(/C=C3\SC(=S)N(C4CCCCC4)C3=O)cc2c1. The molecule has 1 aromatic heterocycles. The van der Waals surface area contributed by atoms with Crippen LogP contribution in [0.25, 0.3) is 17.0 Å². The summed E-state index contributed by atoms with van der Waals surface area (Å²) in [5, 5.41) is 1.05. The number of anilines is 1. The third-order valence-electron chi connectivity index (χ3n) is 7.23. The van der Waals surface area contributed by atoms with Gasteiger partial charge in [-0.3, -0.25) is 14.5 Å². The third kappa shape index (κ3) is 4.58. The Hall–Kier alpha value is -2.45. The Morgan fingerprint density at radius 1 is 1.15 bits per heavy atom. The van der Waals surface area contributed by atoms with Crippen LogP contribution in [0.15, 0.2) is 29.2 Å². The van der Waals surface area contributed by atoms with Gasteiger partial charge in [0.25, 0.3) is 5.91 Å². The lowest BCUT2D eigenvalue weighted by Crippen LogP contribution is -2.39. The minimum atomic E-state index is -0.229. The van der Waals surface area contributed by atoms with Crippen molar-refractivity contribution >= 4 is 62.9 Å². The number of pyridine rings is 1. The number of carbonyl (C=O) groups excluding carboxylic acids is 2. The minimum absolute atomic E-state index is 0.0182. The van der Waals surface area contributed by atoms with E-state index in [-0.39, 0.29) is 23.8 Å². The predicted octanol–water partition coefficient (Wildman–Crippen LogP) is 4.78. The number of primary amides is 1. The molecule has 2 amide bonds. The first kappa shape index (κ1) is 23.3. The van der Waals surface area contributed by atoms with E-state index < -0.39 is 0 Å². The molecular weight excluding hydrogens is 464 g/mol. The number of amides is 2. The van der Waals surface area contributed by atoms with Gasteiger partial charge in [-0.2, -0.15) is 0 Å². The molecule has 2 aliphatic heterocycles. The molecule has 3 aliphatic rings. The second-order valence-corrected chi connectivity index (χ2v) is 11.3. The zero-order valence-electron chi connectivity index (χ0n) is 19.5. The number of rotatable bonds is 4. The number of fused-ring (bicyclic) bond motifs is 1. The van der Waals surface area contributed by atoms with Gasteiger partial charge in [0.15, 0.2) is 0 Å². The van der Waals surface area contributed by atoms with Crippen LogP contribution in [0, 0.1) is 12.8 Å². The van der Waals surface area contributed by atoms with E-state index in [9.17, 15) is 9.59 Å². The Morgan fingerprint density at radius 3 is 2.59 bits per heavy atom. The highest BCUT2D eigenvalue weighted by molar-refractivity contribution is 8.26. The van der Waals surface area contributed by atoms with E-state index in [2.05, 4.69) is 30.0 Å². The van der Waals surface area contributed by atoms with Crippen LogP contribution >= 0.6 is 24.0 Å². The summed E-state index contributed by atoms with van der Waals surface area (Å²) in [6, 6.07) is 8.56. The van der Waals surface area contributed by atoms with Gasteiger partial charge in [-0.15, -0.1) is 0 Å². The van der Waals surface area contributed by atoms with Crippen molar-refractivity contribution in [2.24, 2.45) is 11.7 Å². The molecule has 1 saturated carbocycles. The van der Waals surface area contributed by atoms with Gasteiger partial charge in [0.05, 0.1) is 10.4 Å². The Bertz CT molecular complexity index is 1180. The predicted molar refractivity (Wildman–Crippen MR) is 142 cm³/mol. The van der Waals surface area contributed by atoms with Crippen molar-refractivity contribution in [1.82, 2.24) is 9.88 Å². The zero-order valence-corrected chi connectivity index (χ0v) is 21.1. The molecule has 3 fully saturated rings. The number of hydrogen-bond acceptors (Lipinski definition) is 6. The van der Waals surface area contributed by atoms with Crippen LogP contribution in [0.4, 0.5) is 5.82 Å². The molecular formula is C26H30N4O2S2. The molecule has 0 bridgehead atoms. The summed E-state index contributed by atoms with van der Waals surface area (Å²) in [6.45, 7) is 3.49. The lowest BCUT2D eigenvalue weighted by Gasteiger charge is -2.32. The summed E-state index contributed by atoms with van der Waals surface area (Å²) < 4.78 is 0.663. The molecule has 2 aromatic rings. The topological polar surface area (TPSA) is 79.5 Å². The van der Waals surface area contributed by atoms with Crippen LogP contribution in [-0.4, -0.2) is 45.2 Å². The van der Waals surface area contributed by atoms with Crippen LogP contribution in [0.1, 0.15) is 56.1 Å². The highest BCUT2D eigenvalue weighted by Gasteiger charge is 2.37. The van der Waals surface area contributed by atoms with Gasteiger partial charge in [-0.25, -0.2) is 4.98 Å². The van der Waals surface area contributed by atoms with Gasteiger partial charge in [-0.05, 0) is 56.9 Å². The monoisotopic (exact) mass is 494 g/mol. The molecule has 0 spiro atoms. The smallest absolute Gasteiger partial charge is 0.266 e. The van der Waals surface area contributed by atoms with Crippen molar-refractivity contribution in [2.45, 2.75) is 57.9 Å². The molecule has 8 heteroatoms. The Kier molecular flexibility index (Phi) is 6.62. The molecule has 0 unspecified atom stereocenters. The summed E-state index contributed by atoms with van der Waals surface area (Å²) in [7, 11) is 0. The largest absolute Gasteiger partial charge is 0.369 e. The minimum Gasteiger partial charge on any atom is -0.369 e. The number of aryl methyl sites for hydroxylation is 1. The fourth-order valence-corrected chi connectivity index (χ4v) is 6.70. The Labute approximate surface area is 209 Å². The van der Waals surface area contributed by atoms with Crippen molar-refractivity contribution in [3.05, 3.63) is 40.3 Å². The third-order valence-corrected chi connectivity index (χ3v) is 8.56. The average molecular weight is 495 g/mol. The van der Waals surface area contributed by atoms with E-state index in [4.69, 9.17) is 22.9 Å². The average Bonchev–Trinajstić information content (AvgIpc) is 3.11. The first-order chi connectivity index (χ1) is 16.4. The number of carbonyl (C=O) groups is 2. The van der Waals surface area contributed by atoms with Gasteiger partial charge in [-0.1, -0.05) is 54.9 Å². The van der Waals surface area contributed by atoms with Crippen LogP contribution in [0.3, 0.4) is 0 Å². The summed E-state index contributed by atoms with van der Waals surface area (Å²) in [5.74, 6) is 0.551. The van der Waals surface area contributed by atoms with Crippen molar-refractivity contribution < 1.29 is 9.59 Å². The fraction of sp³-hybridized carbons (Fsp3) is 0.462. The number of thiocarbonyl (C=S) groups is 1. The van der Waals surface area contributed by atoms with Crippen molar-refractivity contribution in [2.75, 3.05) is 18.0 Å². The van der Waals surface area contributed by atoms with Gasteiger partial charge < -0.3 is 10.6 Å². The number of piperidine rings is 1. The van der Waals surface area contributed by atoms with Gasteiger partial charge in [0.1, 0.15) is 10.1 Å². The molecule has 5 rings (SSSR count). The van der Waals surface area contributed by atoms with E-state index in [0.717, 1.165) is 48.0 Å². The summed E-state index contributed by atoms with van der Waals surface area (Å²) >= 11 is 7.04. The van der Waals surface area contributed by atoms with Crippen molar-refractivity contribution in [3.8, 4) is 0 Å². The zero-order chi connectivity index (χ0) is 23.8. The number of nitrogens with two attached hydrogens (primary N) is 1. The molecule has 6 nitrogen and oxygen atoms in total. The Morgan fingerprint density at radius 2 is 1.88 bits per heavy atom. The number of aromatic nitrogens is 1. The van der Waals surface area contributed by atoms with Crippen molar-refractivity contribution in [3.63, 3.8) is 0 Å². The van der Waals surface area contributed by atoms with E-state index >= 15 is 0 Å². The lowest BCUT2D eigenvalue weighted by molar-refractivity contribution is -0.124. The molecule has 2 N–H and O–H groups in total.